The molecular formula is C17H20N6O. The number of carbonyl (C=O) groups is 1. The van der Waals surface area contributed by atoms with Crippen LogP contribution in [0.2, 0.25) is 0 Å². The minimum atomic E-state index is -0.278. The van der Waals surface area contributed by atoms with Gasteiger partial charge in [0, 0.05) is 11.3 Å². The maximum absolute atomic E-state index is 12.4. The number of aromatic nitrogens is 5. The smallest absolute Gasteiger partial charge is 0.227 e. The average Bonchev–Trinajstić information content (AvgIpc) is 3.20. The van der Waals surface area contributed by atoms with Crippen LogP contribution in [-0.2, 0) is 11.3 Å². The van der Waals surface area contributed by atoms with Crippen LogP contribution in [0.1, 0.15) is 35.6 Å². The van der Waals surface area contributed by atoms with E-state index in [1.54, 1.807) is 11.0 Å². The second-order valence-corrected chi connectivity index (χ2v) is 5.73. The third-order valence-electron chi connectivity index (χ3n) is 3.99. The lowest BCUT2D eigenvalue weighted by Crippen LogP contribution is -2.28. The first kappa shape index (κ1) is 15.9. The van der Waals surface area contributed by atoms with Crippen molar-refractivity contribution in [1.29, 1.82) is 0 Å². The molecule has 1 unspecified atom stereocenters. The van der Waals surface area contributed by atoms with Gasteiger partial charge < -0.3 is 5.32 Å². The topological polar surface area (TPSA) is 88.5 Å². The Morgan fingerprint density at radius 3 is 2.71 bits per heavy atom. The van der Waals surface area contributed by atoms with Gasteiger partial charge in [-0.15, -0.1) is 5.10 Å². The molecule has 24 heavy (non-hydrogen) atoms. The van der Waals surface area contributed by atoms with E-state index in [-0.39, 0.29) is 11.8 Å². The molecule has 2 aromatic heterocycles. The van der Waals surface area contributed by atoms with Crippen molar-refractivity contribution >= 4 is 5.91 Å². The van der Waals surface area contributed by atoms with Crippen LogP contribution < -0.4 is 5.32 Å². The maximum Gasteiger partial charge on any atom is 0.227 e. The minimum absolute atomic E-state index is 0.0707. The van der Waals surface area contributed by atoms with Crippen molar-refractivity contribution in [2.75, 3.05) is 0 Å². The Kier molecular flexibility index (Phi) is 4.41. The highest BCUT2D eigenvalue weighted by Crippen LogP contribution is 2.21. The molecule has 0 saturated carbocycles. The van der Waals surface area contributed by atoms with Crippen molar-refractivity contribution in [1.82, 2.24) is 30.3 Å². The van der Waals surface area contributed by atoms with Gasteiger partial charge in [-0.2, -0.15) is 5.10 Å². The van der Waals surface area contributed by atoms with E-state index < -0.39 is 0 Å². The quantitative estimate of drug-likeness (QED) is 0.751. The van der Waals surface area contributed by atoms with Gasteiger partial charge in [-0.3, -0.25) is 9.89 Å². The Bertz CT molecular complexity index is 816. The summed E-state index contributed by atoms with van der Waals surface area (Å²) in [6, 6.07) is 9.72. The highest BCUT2D eigenvalue weighted by atomic mass is 16.1. The Morgan fingerprint density at radius 1 is 1.29 bits per heavy atom. The molecule has 1 atom stereocenters. The van der Waals surface area contributed by atoms with Crippen molar-refractivity contribution in [2.45, 2.75) is 33.2 Å². The summed E-state index contributed by atoms with van der Waals surface area (Å²) in [4.78, 5) is 16.6. The molecule has 0 aliphatic rings. The first-order valence-corrected chi connectivity index (χ1v) is 7.81. The first-order valence-electron chi connectivity index (χ1n) is 7.81. The average molecular weight is 324 g/mol. The van der Waals surface area contributed by atoms with Gasteiger partial charge in [0.2, 0.25) is 5.91 Å². The van der Waals surface area contributed by atoms with Gasteiger partial charge >= 0.3 is 0 Å². The number of amides is 1. The van der Waals surface area contributed by atoms with Gasteiger partial charge in [-0.25, -0.2) is 9.67 Å². The molecule has 3 aromatic rings. The molecule has 3 rings (SSSR count). The largest absolute Gasteiger partial charge is 0.348 e. The van der Waals surface area contributed by atoms with Crippen LogP contribution in [0, 0.1) is 13.8 Å². The monoisotopic (exact) mass is 324 g/mol. The summed E-state index contributed by atoms with van der Waals surface area (Å²) < 4.78 is 1.69. The lowest BCUT2D eigenvalue weighted by atomic mass is 9.98. The van der Waals surface area contributed by atoms with E-state index in [1.807, 2.05) is 51.1 Å². The van der Waals surface area contributed by atoms with Crippen molar-refractivity contribution < 1.29 is 4.79 Å². The van der Waals surface area contributed by atoms with Crippen LogP contribution in [0.15, 0.2) is 36.7 Å². The molecule has 0 fully saturated rings. The third kappa shape index (κ3) is 3.19. The van der Waals surface area contributed by atoms with E-state index in [1.165, 1.54) is 0 Å². The molecule has 7 heteroatoms. The number of rotatable bonds is 5. The lowest BCUT2D eigenvalue weighted by Gasteiger charge is -2.11. The second kappa shape index (κ2) is 6.66. The van der Waals surface area contributed by atoms with E-state index >= 15 is 0 Å². The van der Waals surface area contributed by atoms with E-state index in [0.29, 0.717) is 12.4 Å². The zero-order chi connectivity index (χ0) is 17.1. The lowest BCUT2D eigenvalue weighted by molar-refractivity contribution is -0.122. The first-order chi connectivity index (χ1) is 11.6. The highest BCUT2D eigenvalue weighted by molar-refractivity contribution is 5.83. The van der Waals surface area contributed by atoms with Gasteiger partial charge in [0.1, 0.15) is 6.33 Å². The summed E-state index contributed by atoms with van der Waals surface area (Å²) in [5, 5.41) is 14.3. The number of hydrogen-bond acceptors (Lipinski definition) is 4. The molecule has 0 aliphatic heterocycles. The van der Waals surface area contributed by atoms with Crippen molar-refractivity contribution in [3.8, 4) is 5.69 Å². The zero-order valence-corrected chi connectivity index (χ0v) is 13.9. The fourth-order valence-electron chi connectivity index (χ4n) is 2.73. The summed E-state index contributed by atoms with van der Waals surface area (Å²) in [7, 11) is 0. The number of nitrogens with one attached hydrogen (secondary N) is 2. The van der Waals surface area contributed by atoms with Gasteiger partial charge in [0.25, 0.3) is 0 Å². The molecular weight excluding hydrogens is 304 g/mol. The second-order valence-electron chi connectivity index (χ2n) is 5.73. The van der Waals surface area contributed by atoms with E-state index in [9.17, 15) is 4.79 Å². The Balaban J connectivity index is 1.64. The molecule has 0 aliphatic carbocycles. The van der Waals surface area contributed by atoms with Crippen LogP contribution in [0.4, 0.5) is 0 Å². The summed E-state index contributed by atoms with van der Waals surface area (Å²) in [6.45, 7) is 5.98. The number of aryl methyl sites for hydroxylation is 2. The summed E-state index contributed by atoms with van der Waals surface area (Å²) >= 11 is 0. The van der Waals surface area contributed by atoms with Crippen molar-refractivity contribution in [2.24, 2.45) is 0 Å². The van der Waals surface area contributed by atoms with Crippen LogP contribution in [-0.4, -0.2) is 30.9 Å². The van der Waals surface area contributed by atoms with Gasteiger partial charge in [-0.1, -0.05) is 18.2 Å². The maximum atomic E-state index is 12.4. The molecule has 2 N–H and O–H groups in total. The molecule has 0 saturated heterocycles. The van der Waals surface area contributed by atoms with Crippen LogP contribution in [0.5, 0.6) is 0 Å². The van der Waals surface area contributed by atoms with Gasteiger partial charge in [0.05, 0.1) is 23.8 Å². The molecule has 0 spiro atoms. The molecule has 1 amide bonds. The molecule has 0 bridgehead atoms. The fraction of sp³-hybridized carbons (Fsp3) is 0.294. The predicted octanol–water partition coefficient (Wildman–Crippen LogP) is 2.03. The van der Waals surface area contributed by atoms with Gasteiger partial charge in [0.15, 0.2) is 5.82 Å². The Labute approximate surface area is 140 Å². The molecule has 124 valence electrons. The van der Waals surface area contributed by atoms with Crippen molar-refractivity contribution in [3.63, 3.8) is 0 Å². The Morgan fingerprint density at radius 2 is 2.04 bits per heavy atom. The van der Waals surface area contributed by atoms with Gasteiger partial charge in [-0.05, 0) is 32.9 Å². The van der Waals surface area contributed by atoms with E-state index in [2.05, 4.69) is 25.6 Å². The zero-order valence-electron chi connectivity index (χ0n) is 13.9. The summed E-state index contributed by atoms with van der Waals surface area (Å²) in [5.41, 5.74) is 3.64. The molecule has 7 nitrogen and oxygen atoms in total. The molecule has 0 radical (unpaired) electrons. The van der Waals surface area contributed by atoms with E-state index in [4.69, 9.17) is 0 Å². The minimum Gasteiger partial charge on any atom is -0.348 e. The Hall–Kier alpha value is -2.96. The standard InChI is InChI=1S/C17H20N6O/c1-11(16-12(2)20-21-13(16)3)17(24)18-9-15-19-10-23(22-15)14-7-5-4-6-8-14/h4-8,10-11H,9H2,1-3H3,(H,18,24)(H,20,21). The third-order valence-corrected chi connectivity index (χ3v) is 3.99. The number of H-pyrrole nitrogens is 1. The van der Waals surface area contributed by atoms with Crippen LogP contribution in [0.3, 0.4) is 0 Å². The number of aromatic amines is 1. The predicted molar refractivity (Wildman–Crippen MR) is 89.7 cm³/mol. The fourth-order valence-corrected chi connectivity index (χ4v) is 2.73. The SMILES string of the molecule is Cc1n[nH]c(C)c1C(C)C(=O)NCc1ncn(-c2ccccc2)n1. The number of carbonyl (C=O) groups excluding carboxylic acids is 1. The van der Waals surface area contributed by atoms with Crippen LogP contribution >= 0.6 is 0 Å². The van der Waals surface area contributed by atoms with E-state index in [0.717, 1.165) is 22.6 Å². The van der Waals surface area contributed by atoms with Crippen LogP contribution in [0.25, 0.3) is 5.69 Å². The normalized spacial score (nSPS) is 12.1. The molecule has 2 heterocycles. The molecule has 1 aromatic carbocycles. The highest BCUT2D eigenvalue weighted by Gasteiger charge is 2.21. The summed E-state index contributed by atoms with van der Waals surface area (Å²) in [5.74, 6) is 0.221. The number of nitrogens with zero attached hydrogens (tertiary/aromatic N) is 4. The van der Waals surface area contributed by atoms with Crippen molar-refractivity contribution in [3.05, 3.63) is 59.4 Å². The number of hydrogen-bond donors (Lipinski definition) is 2. The number of para-hydroxylation sites is 1. The number of benzene rings is 1. The summed E-state index contributed by atoms with van der Waals surface area (Å²) in [6.07, 6.45) is 1.64.